The summed E-state index contributed by atoms with van der Waals surface area (Å²) in [6, 6.07) is 10.9. The average molecular weight is 298 g/mol. The van der Waals surface area contributed by atoms with Crippen molar-refractivity contribution in [3.8, 4) is 22.8 Å². The zero-order valence-electron chi connectivity index (χ0n) is 12.1. The van der Waals surface area contributed by atoms with Crippen LogP contribution >= 0.6 is 0 Å². The Morgan fingerprint density at radius 1 is 1.14 bits per heavy atom. The average Bonchev–Trinajstić information content (AvgIpc) is 3.02. The van der Waals surface area contributed by atoms with Crippen molar-refractivity contribution in [2.24, 2.45) is 0 Å². The SMILES string of the molecule is COc1ccc2ccc(OC)c(-c3cc(C(=O)O)[nH]n3)c2c1. The minimum Gasteiger partial charge on any atom is -0.497 e. The molecule has 22 heavy (non-hydrogen) atoms. The van der Waals surface area contributed by atoms with Gasteiger partial charge in [0.2, 0.25) is 0 Å². The van der Waals surface area contributed by atoms with Crippen molar-refractivity contribution in [2.75, 3.05) is 14.2 Å². The third-order valence-electron chi connectivity index (χ3n) is 3.47. The van der Waals surface area contributed by atoms with Crippen molar-refractivity contribution < 1.29 is 19.4 Å². The van der Waals surface area contributed by atoms with Gasteiger partial charge in [-0.15, -0.1) is 0 Å². The van der Waals surface area contributed by atoms with Gasteiger partial charge in [0.15, 0.2) is 0 Å². The topological polar surface area (TPSA) is 84.4 Å². The number of carbonyl (C=O) groups is 1. The quantitative estimate of drug-likeness (QED) is 0.773. The van der Waals surface area contributed by atoms with Gasteiger partial charge >= 0.3 is 5.97 Å². The second-order valence-corrected chi connectivity index (χ2v) is 4.70. The highest BCUT2D eigenvalue weighted by atomic mass is 16.5. The molecule has 2 aromatic carbocycles. The van der Waals surface area contributed by atoms with Crippen molar-refractivity contribution >= 4 is 16.7 Å². The lowest BCUT2D eigenvalue weighted by Crippen LogP contribution is -1.95. The lowest BCUT2D eigenvalue weighted by Gasteiger charge is -2.11. The minimum absolute atomic E-state index is 0.0250. The molecule has 0 unspecified atom stereocenters. The van der Waals surface area contributed by atoms with E-state index in [1.54, 1.807) is 14.2 Å². The fraction of sp³-hybridized carbons (Fsp3) is 0.125. The number of aromatic amines is 1. The van der Waals surface area contributed by atoms with Crippen molar-refractivity contribution in [2.45, 2.75) is 0 Å². The number of hydrogen-bond acceptors (Lipinski definition) is 4. The van der Waals surface area contributed by atoms with E-state index in [0.717, 1.165) is 16.3 Å². The molecular formula is C16H14N2O4. The Balaban J connectivity index is 2.30. The second-order valence-electron chi connectivity index (χ2n) is 4.70. The van der Waals surface area contributed by atoms with Crippen LogP contribution < -0.4 is 9.47 Å². The van der Waals surface area contributed by atoms with E-state index >= 15 is 0 Å². The number of ether oxygens (including phenoxy) is 2. The first kappa shape index (κ1) is 13.9. The standard InChI is InChI=1S/C16H14N2O4/c1-21-10-5-3-9-4-6-14(22-2)15(11(9)7-10)12-8-13(16(19)20)18-17-12/h3-8H,1-2H3,(H,17,18)(H,19,20). The van der Waals surface area contributed by atoms with Crippen LogP contribution in [0.2, 0.25) is 0 Å². The number of nitrogens with zero attached hydrogens (tertiary/aromatic N) is 1. The van der Waals surface area contributed by atoms with Crippen LogP contribution in [0.25, 0.3) is 22.0 Å². The number of nitrogens with one attached hydrogen (secondary N) is 1. The van der Waals surface area contributed by atoms with Crippen molar-refractivity contribution in [3.05, 3.63) is 42.1 Å². The van der Waals surface area contributed by atoms with E-state index in [2.05, 4.69) is 10.2 Å². The zero-order valence-corrected chi connectivity index (χ0v) is 12.1. The number of aromatic nitrogens is 2. The summed E-state index contributed by atoms with van der Waals surface area (Å²) >= 11 is 0. The summed E-state index contributed by atoms with van der Waals surface area (Å²) in [5, 5.41) is 17.5. The summed E-state index contributed by atoms with van der Waals surface area (Å²) in [6.45, 7) is 0. The molecule has 0 saturated heterocycles. The Morgan fingerprint density at radius 3 is 2.55 bits per heavy atom. The molecule has 0 fully saturated rings. The highest BCUT2D eigenvalue weighted by Gasteiger charge is 2.16. The molecule has 1 heterocycles. The molecule has 6 nitrogen and oxygen atoms in total. The predicted octanol–water partition coefficient (Wildman–Crippen LogP) is 2.95. The molecule has 2 N–H and O–H groups in total. The number of H-pyrrole nitrogens is 1. The molecule has 0 aliphatic heterocycles. The first-order valence-corrected chi connectivity index (χ1v) is 6.58. The third-order valence-corrected chi connectivity index (χ3v) is 3.47. The van der Waals surface area contributed by atoms with Gasteiger partial charge in [-0.3, -0.25) is 5.10 Å². The molecule has 0 radical (unpaired) electrons. The molecule has 0 aliphatic rings. The molecule has 0 amide bonds. The molecule has 0 saturated carbocycles. The van der Waals surface area contributed by atoms with E-state index in [1.807, 2.05) is 30.3 Å². The summed E-state index contributed by atoms with van der Waals surface area (Å²) in [5.41, 5.74) is 1.26. The zero-order chi connectivity index (χ0) is 15.7. The Labute approximate surface area is 126 Å². The number of carboxylic acid groups (broad SMARTS) is 1. The number of hydrogen-bond donors (Lipinski definition) is 2. The van der Waals surface area contributed by atoms with Crippen molar-refractivity contribution in [3.63, 3.8) is 0 Å². The smallest absolute Gasteiger partial charge is 0.353 e. The van der Waals surface area contributed by atoms with E-state index in [1.165, 1.54) is 6.07 Å². The molecule has 3 aromatic rings. The number of methoxy groups -OCH3 is 2. The van der Waals surface area contributed by atoms with Gasteiger partial charge < -0.3 is 14.6 Å². The molecular weight excluding hydrogens is 284 g/mol. The Bertz CT molecular complexity index is 849. The van der Waals surface area contributed by atoms with Crippen LogP contribution in [0.15, 0.2) is 36.4 Å². The van der Waals surface area contributed by atoms with Gasteiger partial charge in [0.1, 0.15) is 17.2 Å². The molecule has 112 valence electrons. The molecule has 1 aromatic heterocycles. The first-order chi connectivity index (χ1) is 10.6. The van der Waals surface area contributed by atoms with Gasteiger partial charge in [-0.2, -0.15) is 5.10 Å². The van der Waals surface area contributed by atoms with Gasteiger partial charge in [0.05, 0.1) is 25.5 Å². The van der Waals surface area contributed by atoms with Gasteiger partial charge in [0.25, 0.3) is 0 Å². The van der Waals surface area contributed by atoms with Crippen LogP contribution in [-0.4, -0.2) is 35.5 Å². The highest BCUT2D eigenvalue weighted by Crippen LogP contribution is 2.37. The summed E-state index contributed by atoms with van der Waals surface area (Å²) in [5.74, 6) is 0.260. The molecule has 0 atom stereocenters. The van der Waals surface area contributed by atoms with Crippen molar-refractivity contribution in [1.82, 2.24) is 10.2 Å². The van der Waals surface area contributed by atoms with E-state index < -0.39 is 5.97 Å². The maximum atomic E-state index is 11.0. The third kappa shape index (κ3) is 2.24. The number of aromatic carboxylic acids is 1. The second kappa shape index (κ2) is 5.40. The molecule has 3 rings (SSSR count). The van der Waals surface area contributed by atoms with E-state index in [-0.39, 0.29) is 5.69 Å². The Hall–Kier alpha value is -3.02. The fourth-order valence-electron chi connectivity index (χ4n) is 2.40. The molecule has 0 spiro atoms. The lowest BCUT2D eigenvalue weighted by molar-refractivity contribution is 0.0690. The summed E-state index contributed by atoms with van der Waals surface area (Å²) < 4.78 is 10.7. The lowest BCUT2D eigenvalue weighted by atomic mass is 10.0. The van der Waals surface area contributed by atoms with Crippen LogP contribution in [0, 0.1) is 0 Å². The highest BCUT2D eigenvalue weighted by molar-refractivity contribution is 6.00. The van der Waals surface area contributed by atoms with Gasteiger partial charge in [-0.25, -0.2) is 4.79 Å². The van der Waals surface area contributed by atoms with Gasteiger partial charge in [0, 0.05) is 0 Å². The van der Waals surface area contributed by atoms with Crippen LogP contribution in [0.5, 0.6) is 11.5 Å². The van der Waals surface area contributed by atoms with Gasteiger partial charge in [-0.1, -0.05) is 12.1 Å². The largest absolute Gasteiger partial charge is 0.497 e. The normalized spacial score (nSPS) is 10.6. The molecule has 6 heteroatoms. The van der Waals surface area contributed by atoms with Crippen LogP contribution in [0.3, 0.4) is 0 Å². The molecule has 0 aliphatic carbocycles. The Kier molecular flexibility index (Phi) is 3.42. The fourth-order valence-corrected chi connectivity index (χ4v) is 2.40. The van der Waals surface area contributed by atoms with E-state index in [0.29, 0.717) is 17.2 Å². The predicted molar refractivity (Wildman–Crippen MR) is 81.6 cm³/mol. The van der Waals surface area contributed by atoms with E-state index in [9.17, 15) is 4.79 Å². The maximum absolute atomic E-state index is 11.0. The summed E-state index contributed by atoms with van der Waals surface area (Å²) in [6.07, 6.45) is 0. The molecule has 0 bridgehead atoms. The first-order valence-electron chi connectivity index (χ1n) is 6.58. The van der Waals surface area contributed by atoms with E-state index in [4.69, 9.17) is 14.6 Å². The van der Waals surface area contributed by atoms with Crippen LogP contribution in [-0.2, 0) is 0 Å². The summed E-state index contributed by atoms with van der Waals surface area (Å²) in [7, 11) is 3.16. The number of carboxylic acids is 1. The number of benzene rings is 2. The summed E-state index contributed by atoms with van der Waals surface area (Å²) in [4.78, 5) is 11.0. The van der Waals surface area contributed by atoms with Crippen LogP contribution in [0.4, 0.5) is 0 Å². The number of fused-ring (bicyclic) bond motifs is 1. The van der Waals surface area contributed by atoms with Crippen LogP contribution in [0.1, 0.15) is 10.5 Å². The minimum atomic E-state index is -1.06. The number of rotatable bonds is 4. The van der Waals surface area contributed by atoms with Crippen molar-refractivity contribution in [1.29, 1.82) is 0 Å². The van der Waals surface area contributed by atoms with Gasteiger partial charge in [-0.05, 0) is 35.0 Å². The monoisotopic (exact) mass is 298 g/mol. The Morgan fingerprint density at radius 2 is 1.91 bits per heavy atom. The maximum Gasteiger partial charge on any atom is 0.353 e.